The topological polar surface area (TPSA) is 25.2 Å². The molecule has 0 N–H and O–H groups in total. The maximum Gasteiger partial charge on any atom is 0.149 e. The lowest BCUT2D eigenvalue weighted by atomic mass is 10.2. The average molecular weight is 248 g/mol. The molecule has 1 unspecified atom stereocenters. The highest BCUT2D eigenvalue weighted by molar-refractivity contribution is 8.15. The van der Waals surface area contributed by atoms with Crippen molar-refractivity contribution in [2.45, 2.75) is 19.9 Å². The van der Waals surface area contributed by atoms with Crippen molar-refractivity contribution >= 4 is 38.4 Å². The summed E-state index contributed by atoms with van der Waals surface area (Å²) >= 11 is 3.57. The van der Waals surface area contributed by atoms with Crippen LogP contribution in [0.2, 0.25) is 0 Å². The lowest BCUT2D eigenvalue weighted by Crippen LogP contribution is -1.93. The van der Waals surface area contributed by atoms with Crippen LogP contribution in [0.15, 0.2) is 23.2 Å². The van der Waals surface area contributed by atoms with Crippen LogP contribution < -0.4 is 0 Å². The molecule has 0 amide bonds. The Labute approximate surface area is 103 Å². The van der Waals surface area contributed by atoms with Crippen LogP contribution >= 0.6 is 23.1 Å². The molecule has 2 nitrogen and oxygen atoms in total. The van der Waals surface area contributed by atoms with E-state index in [9.17, 15) is 0 Å². The molecule has 16 heavy (non-hydrogen) atoms. The van der Waals surface area contributed by atoms with Crippen molar-refractivity contribution in [1.29, 1.82) is 0 Å². The third-order valence-electron chi connectivity index (χ3n) is 2.53. The van der Waals surface area contributed by atoms with Crippen molar-refractivity contribution in [2.75, 3.05) is 5.75 Å². The molecule has 1 aliphatic heterocycles. The highest BCUT2D eigenvalue weighted by Gasteiger charge is 2.18. The first-order chi connectivity index (χ1) is 7.72. The Hall–Kier alpha value is -0.870. The summed E-state index contributed by atoms with van der Waals surface area (Å²) in [7, 11) is 0. The van der Waals surface area contributed by atoms with Gasteiger partial charge < -0.3 is 0 Å². The van der Waals surface area contributed by atoms with Gasteiger partial charge in [0.15, 0.2) is 0 Å². The standard InChI is InChI=1S/C12H12N2S2/c1-7-3-4-9-10(5-7)16-12(14-9)11-13-8(2)6-15-11/h3-5,8H,6H2,1-2H3. The third kappa shape index (κ3) is 1.76. The largest absolute Gasteiger partial charge is 0.271 e. The Bertz CT molecular complexity index is 571. The summed E-state index contributed by atoms with van der Waals surface area (Å²) in [5.74, 6) is 1.09. The molecule has 1 atom stereocenters. The van der Waals surface area contributed by atoms with Gasteiger partial charge in [-0.05, 0) is 31.5 Å². The monoisotopic (exact) mass is 248 g/mol. The molecule has 2 heterocycles. The number of rotatable bonds is 1. The fourth-order valence-electron chi connectivity index (χ4n) is 1.71. The van der Waals surface area contributed by atoms with Gasteiger partial charge in [0.1, 0.15) is 10.1 Å². The van der Waals surface area contributed by atoms with E-state index in [1.807, 2.05) is 11.8 Å². The summed E-state index contributed by atoms with van der Waals surface area (Å²) in [5.41, 5.74) is 2.38. The second-order valence-electron chi connectivity index (χ2n) is 4.08. The van der Waals surface area contributed by atoms with Gasteiger partial charge in [-0.2, -0.15) is 0 Å². The second-order valence-corrected chi connectivity index (χ2v) is 6.12. The maximum atomic E-state index is 4.64. The van der Waals surface area contributed by atoms with Gasteiger partial charge in [-0.3, -0.25) is 4.99 Å². The van der Waals surface area contributed by atoms with Crippen LogP contribution in [-0.4, -0.2) is 21.8 Å². The number of thioether (sulfide) groups is 1. The smallest absolute Gasteiger partial charge is 0.149 e. The van der Waals surface area contributed by atoms with Crippen LogP contribution in [0, 0.1) is 6.92 Å². The van der Waals surface area contributed by atoms with E-state index >= 15 is 0 Å². The van der Waals surface area contributed by atoms with Gasteiger partial charge >= 0.3 is 0 Å². The third-order valence-corrected chi connectivity index (χ3v) is 4.90. The van der Waals surface area contributed by atoms with E-state index in [2.05, 4.69) is 42.0 Å². The van der Waals surface area contributed by atoms with E-state index in [1.54, 1.807) is 11.3 Å². The van der Waals surface area contributed by atoms with Crippen LogP contribution in [0.4, 0.5) is 0 Å². The first-order valence-corrected chi connectivity index (χ1v) is 7.11. The number of nitrogens with zero attached hydrogens (tertiary/aromatic N) is 2. The van der Waals surface area contributed by atoms with Crippen LogP contribution in [0.5, 0.6) is 0 Å². The first-order valence-electron chi connectivity index (χ1n) is 5.30. The summed E-state index contributed by atoms with van der Waals surface area (Å²) in [6.07, 6.45) is 0. The molecule has 0 radical (unpaired) electrons. The molecule has 0 saturated carbocycles. The molecule has 0 bridgehead atoms. The molecule has 1 aromatic heterocycles. The van der Waals surface area contributed by atoms with Crippen LogP contribution in [0.25, 0.3) is 10.2 Å². The Morgan fingerprint density at radius 1 is 1.38 bits per heavy atom. The Balaban J connectivity index is 2.09. The van der Waals surface area contributed by atoms with Gasteiger partial charge in [0.25, 0.3) is 0 Å². The molecule has 82 valence electrons. The van der Waals surface area contributed by atoms with E-state index in [0.717, 1.165) is 21.3 Å². The van der Waals surface area contributed by atoms with E-state index in [1.165, 1.54) is 10.3 Å². The number of aliphatic imine (C=N–C) groups is 1. The van der Waals surface area contributed by atoms with Crippen LogP contribution in [0.1, 0.15) is 17.5 Å². The molecule has 1 aromatic carbocycles. The summed E-state index contributed by atoms with van der Waals surface area (Å²) < 4.78 is 1.26. The molecule has 0 saturated heterocycles. The van der Waals surface area contributed by atoms with Crippen LogP contribution in [0.3, 0.4) is 0 Å². The number of aryl methyl sites for hydroxylation is 1. The molecule has 2 aromatic rings. The fourth-order valence-corrected chi connectivity index (χ4v) is 3.87. The Morgan fingerprint density at radius 2 is 2.25 bits per heavy atom. The zero-order valence-electron chi connectivity index (χ0n) is 9.23. The lowest BCUT2D eigenvalue weighted by Gasteiger charge is -1.89. The number of benzene rings is 1. The van der Waals surface area contributed by atoms with Gasteiger partial charge in [-0.25, -0.2) is 4.98 Å². The number of thiazole rings is 1. The number of hydrogen-bond donors (Lipinski definition) is 0. The summed E-state index contributed by atoms with van der Waals surface area (Å²) in [6, 6.07) is 6.83. The zero-order valence-corrected chi connectivity index (χ0v) is 10.9. The average Bonchev–Trinajstić information content (AvgIpc) is 2.83. The molecule has 0 aliphatic carbocycles. The predicted molar refractivity (Wildman–Crippen MR) is 72.8 cm³/mol. The quantitative estimate of drug-likeness (QED) is 0.772. The van der Waals surface area contributed by atoms with E-state index in [-0.39, 0.29) is 0 Å². The van der Waals surface area contributed by atoms with Crippen molar-refractivity contribution in [2.24, 2.45) is 4.99 Å². The van der Waals surface area contributed by atoms with E-state index in [0.29, 0.717) is 6.04 Å². The van der Waals surface area contributed by atoms with Crippen molar-refractivity contribution in [3.63, 3.8) is 0 Å². The van der Waals surface area contributed by atoms with Crippen molar-refractivity contribution in [3.05, 3.63) is 28.8 Å². The summed E-state index contributed by atoms with van der Waals surface area (Å²) in [5, 5.41) is 2.20. The Kier molecular flexibility index (Phi) is 2.48. The highest BCUT2D eigenvalue weighted by atomic mass is 32.2. The Morgan fingerprint density at radius 3 is 3.00 bits per heavy atom. The minimum Gasteiger partial charge on any atom is -0.271 e. The van der Waals surface area contributed by atoms with Crippen molar-refractivity contribution in [1.82, 2.24) is 4.98 Å². The van der Waals surface area contributed by atoms with Gasteiger partial charge in [0.05, 0.1) is 16.3 Å². The molecule has 1 aliphatic rings. The van der Waals surface area contributed by atoms with Crippen molar-refractivity contribution in [3.8, 4) is 0 Å². The van der Waals surface area contributed by atoms with Gasteiger partial charge in [0, 0.05) is 5.75 Å². The number of fused-ring (bicyclic) bond motifs is 1. The molecular weight excluding hydrogens is 236 g/mol. The zero-order chi connectivity index (χ0) is 11.1. The first kappa shape index (κ1) is 10.3. The molecule has 0 spiro atoms. The molecule has 4 heteroatoms. The van der Waals surface area contributed by atoms with Crippen molar-refractivity contribution < 1.29 is 0 Å². The fraction of sp³-hybridized carbons (Fsp3) is 0.333. The number of aromatic nitrogens is 1. The maximum absolute atomic E-state index is 4.64. The summed E-state index contributed by atoms with van der Waals surface area (Å²) in [4.78, 5) is 9.24. The highest BCUT2D eigenvalue weighted by Crippen LogP contribution is 2.29. The second kappa shape index (κ2) is 3.86. The van der Waals surface area contributed by atoms with Gasteiger partial charge in [0.2, 0.25) is 0 Å². The number of hydrogen-bond acceptors (Lipinski definition) is 4. The SMILES string of the molecule is Cc1ccc2nc(C3=NC(C)CS3)sc2c1. The predicted octanol–water partition coefficient (Wildman–Crippen LogP) is 3.49. The van der Waals surface area contributed by atoms with E-state index in [4.69, 9.17) is 0 Å². The lowest BCUT2D eigenvalue weighted by molar-refractivity contribution is 0.865. The minimum absolute atomic E-state index is 0.439. The summed E-state index contributed by atoms with van der Waals surface area (Å²) in [6.45, 7) is 4.26. The van der Waals surface area contributed by atoms with Gasteiger partial charge in [-0.15, -0.1) is 23.1 Å². The van der Waals surface area contributed by atoms with Gasteiger partial charge in [-0.1, -0.05) is 6.07 Å². The van der Waals surface area contributed by atoms with E-state index < -0.39 is 0 Å². The molecular formula is C12H12N2S2. The minimum atomic E-state index is 0.439. The molecule has 0 fully saturated rings. The molecule has 3 rings (SSSR count). The normalized spacial score (nSPS) is 20.4. The van der Waals surface area contributed by atoms with Crippen LogP contribution in [-0.2, 0) is 0 Å².